The number of aromatic nitrogens is 2. The second-order valence-corrected chi connectivity index (χ2v) is 7.81. The van der Waals surface area contributed by atoms with E-state index >= 15 is 0 Å². The summed E-state index contributed by atoms with van der Waals surface area (Å²) >= 11 is 5.94. The van der Waals surface area contributed by atoms with Gasteiger partial charge >= 0.3 is 0 Å². The largest absolute Gasteiger partial charge is 0.493 e. The number of hydrogen-bond donors (Lipinski definition) is 0. The molecule has 3 aromatic rings. The van der Waals surface area contributed by atoms with Crippen LogP contribution in [0.25, 0.3) is 11.4 Å². The minimum Gasteiger partial charge on any atom is -0.493 e. The van der Waals surface area contributed by atoms with Crippen LogP contribution in [0.1, 0.15) is 32.1 Å². The first-order valence-electron chi connectivity index (χ1n) is 9.69. The van der Waals surface area contributed by atoms with Crippen molar-refractivity contribution in [3.8, 4) is 22.9 Å². The third-order valence-electron chi connectivity index (χ3n) is 4.84. The summed E-state index contributed by atoms with van der Waals surface area (Å²) < 4.78 is 16.7. The second kappa shape index (κ2) is 8.36. The zero-order valence-corrected chi connectivity index (χ0v) is 17.7. The van der Waals surface area contributed by atoms with Gasteiger partial charge in [-0.3, -0.25) is 4.79 Å². The van der Waals surface area contributed by atoms with Crippen LogP contribution in [0.5, 0.6) is 11.5 Å². The lowest BCUT2D eigenvalue weighted by atomic mass is 10.1. The maximum Gasteiger partial charge on any atom is 0.232 e. The summed E-state index contributed by atoms with van der Waals surface area (Å²) in [4.78, 5) is 18.7. The topological polar surface area (TPSA) is 77.7 Å². The van der Waals surface area contributed by atoms with Gasteiger partial charge in [0, 0.05) is 29.2 Å². The van der Waals surface area contributed by atoms with Crippen LogP contribution in [0.4, 0.5) is 5.69 Å². The number of anilines is 1. The predicted octanol–water partition coefficient (Wildman–Crippen LogP) is 4.71. The second-order valence-electron chi connectivity index (χ2n) is 7.37. The first-order valence-corrected chi connectivity index (χ1v) is 10.1. The molecule has 156 valence electrons. The summed E-state index contributed by atoms with van der Waals surface area (Å²) in [6, 6.07) is 12.7. The van der Waals surface area contributed by atoms with Gasteiger partial charge in [0.1, 0.15) is 0 Å². The predicted molar refractivity (Wildman–Crippen MR) is 113 cm³/mol. The van der Waals surface area contributed by atoms with Gasteiger partial charge in [0.25, 0.3) is 0 Å². The molecule has 30 heavy (non-hydrogen) atoms. The van der Waals surface area contributed by atoms with E-state index in [-0.39, 0.29) is 17.9 Å². The van der Waals surface area contributed by atoms with Crippen LogP contribution < -0.4 is 14.4 Å². The molecule has 1 atom stereocenters. The molecule has 0 saturated carbocycles. The van der Waals surface area contributed by atoms with E-state index < -0.39 is 0 Å². The van der Waals surface area contributed by atoms with Crippen LogP contribution in [0.3, 0.4) is 0 Å². The van der Waals surface area contributed by atoms with E-state index in [1.54, 1.807) is 24.1 Å². The lowest BCUT2D eigenvalue weighted by Crippen LogP contribution is -2.24. The molecule has 1 fully saturated rings. The van der Waals surface area contributed by atoms with Crippen molar-refractivity contribution in [1.29, 1.82) is 0 Å². The fourth-order valence-electron chi connectivity index (χ4n) is 3.42. The van der Waals surface area contributed by atoms with E-state index in [9.17, 15) is 4.79 Å². The Hall–Kier alpha value is -3.06. The number of nitrogens with zero attached hydrogens (tertiary/aromatic N) is 3. The van der Waals surface area contributed by atoms with E-state index in [2.05, 4.69) is 10.1 Å². The van der Waals surface area contributed by atoms with Crippen LogP contribution in [-0.2, 0) is 4.79 Å². The van der Waals surface area contributed by atoms with Crippen LogP contribution in [0, 0.1) is 0 Å². The molecule has 0 spiro atoms. The normalized spacial score (nSPS) is 16.4. The highest BCUT2D eigenvalue weighted by Crippen LogP contribution is 2.35. The lowest BCUT2D eigenvalue weighted by molar-refractivity contribution is -0.117. The molecule has 4 rings (SSSR count). The van der Waals surface area contributed by atoms with Gasteiger partial charge in [0.15, 0.2) is 11.5 Å². The standard InChI is InChI=1S/C22H22ClN3O4/c1-13(2)29-18-9-4-14(10-19(18)28-3)21-24-22(30-25-21)15-11-20(27)26(12-15)17-7-5-16(23)6-8-17/h4-10,13,15H,11-12H2,1-3H3. The van der Waals surface area contributed by atoms with Crippen molar-refractivity contribution in [2.45, 2.75) is 32.3 Å². The summed E-state index contributed by atoms with van der Waals surface area (Å²) in [7, 11) is 1.59. The molecular weight excluding hydrogens is 406 g/mol. The van der Waals surface area contributed by atoms with Gasteiger partial charge in [-0.2, -0.15) is 4.98 Å². The fourth-order valence-corrected chi connectivity index (χ4v) is 3.55. The number of carbonyl (C=O) groups excluding carboxylic acids is 1. The summed E-state index contributed by atoms with van der Waals surface area (Å²) in [5, 5.41) is 4.73. The molecule has 1 aliphatic rings. The Kier molecular flexibility index (Phi) is 5.63. The summed E-state index contributed by atoms with van der Waals surface area (Å²) in [5.74, 6) is 1.98. The van der Waals surface area contributed by atoms with Crippen molar-refractivity contribution in [3.05, 3.63) is 53.4 Å². The fraction of sp³-hybridized carbons (Fsp3) is 0.318. The Morgan fingerprint density at radius 2 is 1.93 bits per heavy atom. The van der Waals surface area contributed by atoms with Crippen LogP contribution in [0.2, 0.25) is 5.02 Å². The minimum atomic E-state index is -0.167. The van der Waals surface area contributed by atoms with Crippen molar-refractivity contribution in [2.24, 2.45) is 0 Å². The van der Waals surface area contributed by atoms with E-state index in [4.69, 9.17) is 25.6 Å². The van der Waals surface area contributed by atoms with Crippen LogP contribution in [0.15, 0.2) is 47.0 Å². The smallest absolute Gasteiger partial charge is 0.232 e. The minimum absolute atomic E-state index is 0.0129. The monoisotopic (exact) mass is 427 g/mol. The highest BCUT2D eigenvalue weighted by atomic mass is 35.5. The Balaban J connectivity index is 1.53. The average Bonchev–Trinajstić information content (AvgIpc) is 3.35. The summed E-state index contributed by atoms with van der Waals surface area (Å²) in [6.07, 6.45) is 0.347. The molecule has 2 aromatic carbocycles. The Labute approximate surface area is 179 Å². The molecule has 1 aromatic heterocycles. The highest BCUT2D eigenvalue weighted by molar-refractivity contribution is 6.30. The molecule has 0 radical (unpaired) electrons. The number of amides is 1. The van der Waals surface area contributed by atoms with Crippen molar-refractivity contribution in [1.82, 2.24) is 10.1 Å². The number of methoxy groups -OCH3 is 1. The number of rotatable bonds is 6. The van der Waals surface area contributed by atoms with Crippen molar-refractivity contribution in [3.63, 3.8) is 0 Å². The molecule has 1 saturated heterocycles. The number of carbonyl (C=O) groups is 1. The van der Waals surface area contributed by atoms with Crippen LogP contribution >= 0.6 is 11.6 Å². The maximum atomic E-state index is 12.5. The first-order chi connectivity index (χ1) is 14.4. The highest BCUT2D eigenvalue weighted by Gasteiger charge is 2.35. The SMILES string of the molecule is COc1cc(-c2noc(C3CC(=O)N(c4ccc(Cl)cc4)C3)n2)ccc1OC(C)C. The van der Waals surface area contributed by atoms with Gasteiger partial charge in [-0.15, -0.1) is 0 Å². The van der Waals surface area contributed by atoms with Gasteiger partial charge in [-0.05, 0) is 56.3 Å². The number of ether oxygens (including phenoxy) is 2. The number of hydrogen-bond acceptors (Lipinski definition) is 6. The molecule has 1 unspecified atom stereocenters. The zero-order chi connectivity index (χ0) is 21.3. The number of benzene rings is 2. The van der Waals surface area contributed by atoms with Gasteiger partial charge < -0.3 is 18.9 Å². The summed E-state index contributed by atoms with van der Waals surface area (Å²) in [5.41, 5.74) is 1.55. The molecule has 7 nitrogen and oxygen atoms in total. The van der Waals surface area contributed by atoms with Crippen molar-refractivity contribution < 1.29 is 18.8 Å². The molecule has 8 heteroatoms. The molecular formula is C22H22ClN3O4. The molecule has 1 amide bonds. The van der Waals surface area contributed by atoms with E-state index in [1.807, 2.05) is 44.2 Å². The van der Waals surface area contributed by atoms with E-state index in [0.29, 0.717) is 41.2 Å². The Morgan fingerprint density at radius 3 is 2.63 bits per heavy atom. The molecule has 1 aliphatic heterocycles. The van der Waals surface area contributed by atoms with Gasteiger partial charge in [-0.25, -0.2) is 0 Å². The van der Waals surface area contributed by atoms with Gasteiger partial charge in [-0.1, -0.05) is 16.8 Å². The van der Waals surface area contributed by atoms with Gasteiger partial charge in [0.2, 0.25) is 17.6 Å². The van der Waals surface area contributed by atoms with Crippen LogP contribution in [-0.4, -0.2) is 35.8 Å². The summed E-state index contributed by atoms with van der Waals surface area (Å²) in [6.45, 7) is 4.39. The molecule has 0 bridgehead atoms. The number of halogens is 1. The molecule has 2 heterocycles. The van der Waals surface area contributed by atoms with E-state index in [0.717, 1.165) is 11.3 Å². The molecule has 0 aliphatic carbocycles. The maximum absolute atomic E-state index is 12.5. The zero-order valence-electron chi connectivity index (χ0n) is 17.0. The van der Waals surface area contributed by atoms with E-state index in [1.165, 1.54) is 0 Å². The average molecular weight is 428 g/mol. The third-order valence-corrected chi connectivity index (χ3v) is 5.09. The lowest BCUT2D eigenvalue weighted by Gasteiger charge is -2.15. The Morgan fingerprint density at radius 1 is 1.17 bits per heavy atom. The van der Waals surface area contributed by atoms with Crippen molar-refractivity contribution >= 4 is 23.2 Å². The van der Waals surface area contributed by atoms with Gasteiger partial charge in [0.05, 0.1) is 19.1 Å². The van der Waals surface area contributed by atoms with Crippen molar-refractivity contribution in [2.75, 3.05) is 18.6 Å². The quantitative estimate of drug-likeness (QED) is 0.567. The Bertz CT molecular complexity index is 1050. The third kappa shape index (κ3) is 4.11. The molecule has 0 N–H and O–H groups in total. The first kappa shape index (κ1) is 20.2.